The fraction of sp³-hybridized carbons (Fsp3) is 0.951. The zero-order chi connectivity index (χ0) is 48.6. The van der Waals surface area contributed by atoms with E-state index in [1.807, 2.05) is 0 Å². The first-order chi connectivity index (χ1) is 33.0. The van der Waals surface area contributed by atoms with E-state index >= 15 is 0 Å². The van der Waals surface area contributed by atoms with Crippen LogP contribution in [0.4, 0.5) is 0 Å². The van der Waals surface area contributed by atoms with E-state index in [1.165, 1.54) is 257 Å². The molecule has 0 rings (SSSR count). The summed E-state index contributed by atoms with van der Waals surface area (Å²) in [5.41, 5.74) is 0. The van der Waals surface area contributed by atoms with E-state index < -0.39 is 6.10 Å². The Morgan fingerprint density at radius 2 is 0.403 bits per heavy atom. The van der Waals surface area contributed by atoms with Gasteiger partial charge in [-0.05, 0) is 19.3 Å². The van der Waals surface area contributed by atoms with Crippen LogP contribution in [0.2, 0.25) is 0 Å². The Balaban J connectivity index is 4.26. The zero-order valence-corrected chi connectivity index (χ0v) is 45.7. The monoisotopic (exact) mass is 947 g/mol. The highest BCUT2D eigenvalue weighted by molar-refractivity contribution is 5.71. The van der Waals surface area contributed by atoms with E-state index in [0.29, 0.717) is 19.3 Å². The highest BCUT2D eigenvalue weighted by atomic mass is 16.6. The van der Waals surface area contributed by atoms with Crippen LogP contribution in [0.3, 0.4) is 0 Å². The van der Waals surface area contributed by atoms with Crippen molar-refractivity contribution in [3.05, 3.63) is 0 Å². The number of carbonyl (C=O) groups excluding carboxylic acids is 3. The number of unbranched alkanes of at least 4 members (excludes halogenated alkanes) is 46. The van der Waals surface area contributed by atoms with Crippen molar-refractivity contribution in [3.63, 3.8) is 0 Å². The van der Waals surface area contributed by atoms with Gasteiger partial charge in [-0.1, -0.05) is 316 Å². The first kappa shape index (κ1) is 65.4. The lowest BCUT2D eigenvalue weighted by Gasteiger charge is -2.18. The maximum atomic E-state index is 12.9. The third kappa shape index (κ3) is 55.2. The minimum atomic E-state index is -0.761. The molecule has 0 bridgehead atoms. The summed E-state index contributed by atoms with van der Waals surface area (Å²) in [5.74, 6) is -0.828. The van der Waals surface area contributed by atoms with Gasteiger partial charge in [-0.15, -0.1) is 0 Å². The average Bonchev–Trinajstić information content (AvgIpc) is 3.33. The average molecular weight is 948 g/mol. The zero-order valence-electron chi connectivity index (χ0n) is 45.7. The summed E-state index contributed by atoms with van der Waals surface area (Å²) in [6.07, 6.45) is 63.8. The molecule has 6 heteroatoms. The third-order valence-corrected chi connectivity index (χ3v) is 14.1. The summed E-state index contributed by atoms with van der Waals surface area (Å²) in [4.78, 5) is 38.2. The second-order valence-electron chi connectivity index (χ2n) is 21.0. The normalized spacial score (nSPS) is 11.9. The molecule has 0 fully saturated rings. The molecule has 6 nitrogen and oxygen atoms in total. The molecular weight excluding hydrogens is 829 g/mol. The van der Waals surface area contributed by atoms with Gasteiger partial charge in [0.15, 0.2) is 6.10 Å². The van der Waals surface area contributed by atoms with E-state index in [2.05, 4.69) is 20.8 Å². The van der Waals surface area contributed by atoms with Crippen molar-refractivity contribution >= 4 is 17.9 Å². The molecule has 0 aliphatic rings. The van der Waals surface area contributed by atoms with Gasteiger partial charge in [0.25, 0.3) is 0 Å². The second kappa shape index (κ2) is 57.0. The van der Waals surface area contributed by atoms with Crippen molar-refractivity contribution in [3.8, 4) is 0 Å². The van der Waals surface area contributed by atoms with Crippen molar-refractivity contribution in [2.75, 3.05) is 13.2 Å². The van der Waals surface area contributed by atoms with Crippen molar-refractivity contribution in [2.45, 2.75) is 361 Å². The van der Waals surface area contributed by atoms with Gasteiger partial charge < -0.3 is 14.2 Å². The molecule has 0 aromatic carbocycles. The summed E-state index contributed by atoms with van der Waals surface area (Å²) in [6, 6.07) is 0. The van der Waals surface area contributed by atoms with Gasteiger partial charge in [-0.3, -0.25) is 14.4 Å². The number of hydrogen-bond acceptors (Lipinski definition) is 6. The number of carbonyl (C=O) groups is 3. The fourth-order valence-electron chi connectivity index (χ4n) is 9.51. The molecule has 0 radical (unpaired) electrons. The van der Waals surface area contributed by atoms with Gasteiger partial charge in [0, 0.05) is 19.3 Å². The van der Waals surface area contributed by atoms with E-state index in [0.717, 1.165) is 57.8 Å². The van der Waals surface area contributed by atoms with Crippen molar-refractivity contribution < 1.29 is 28.6 Å². The Morgan fingerprint density at radius 3 is 0.597 bits per heavy atom. The van der Waals surface area contributed by atoms with Crippen LogP contribution in [0.25, 0.3) is 0 Å². The van der Waals surface area contributed by atoms with Gasteiger partial charge in [0.2, 0.25) is 0 Å². The van der Waals surface area contributed by atoms with Gasteiger partial charge in [-0.2, -0.15) is 0 Å². The van der Waals surface area contributed by atoms with Crippen LogP contribution in [0.5, 0.6) is 0 Å². The molecule has 67 heavy (non-hydrogen) atoms. The maximum absolute atomic E-state index is 12.9. The summed E-state index contributed by atoms with van der Waals surface area (Å²) in [5, 5.41) is 0. The van der Waals surface area contributed by atoms with Crippen LogP contribution >= 0.6 is 0 Å². The molecular formula is C61H118O6. The quantitative estimate of drug-likeness (QED) is 0.0343. The Morgan fingerprint density at radius 1 is 0.239 bits per heavy atom. The molecule has 0 spiro atoms. The van der Waals surface area contributed by atoms with Crippen molar-refractivity contribution in [2.24, 2.45) is 0 Å². The Bertz CT molecular complexity index is 998. The minimum absolute atomic E-state index is 0.0607. The third-order valence-electron chi connectivity index (χ3n) is 14.1. The fourth-order valence-corrected chi connectivity index (χ4v) is 9.51. The molecule has 0 aromatic rings. The number of rotatable bonds is 57. The van der Waals surface area contributed by atoms with Crippen molar-refractivity contribution in [1.82, 2.24) is 0 Å². The topological polar surface area (TPSA) is 78.9 Å². The molecule has 0 heterocycles. The molecule has 0 aliphatic heterocycles. The SMILES string of the molecule is CCCCCCCCCCCCCCCCCCCCCC(=O)OC[C@@H](COC(=O)CCCCCCCCCCCCCCC)OC(=O)CCCCCCCCCCCCCCCCCCC. The summed E-state index contributed by atoms with van der Waals surface area (Å²) >= 11 is 0. The summed E-state index contributed by atoms with van der Waals surface area (Å²) in [6.45, 7) is 6.72. The van der Waals surface area contributed by atoms with E-state index in [1.54, 1.807) is 0 Å². The number of hydrogen-bond donors (Lipinski definition) is 0. The van der Waals surface area contributed by atoms with Gasteiger partial charge in [0.05, 0.1) is 0 Å². The smallest absolute Gasteiger partial charge is 0.306 e. The number of esters is 3. The minimum Gasteiger partial charge on any atom is -0.462 e. The predicted octanol–water partition coefficient (Wildman–Crippen LogP) is 20.3. The Kier molecular flexibility index (Phi) is 55.6. The van der Waals surface area contributed by atoms with Crippen LogP contribution in [0.15, 0.2) is 0 Å². The van der Waals surface area contributed by atoms with Crippen LogP contribution in [-0.2, 0) is 28.6 Å². The largest absolute Gasteiger partial charge is 0.462 e. The van der Waals surface area contributed by atoms with Gasteiger partial charge in [0.1, 0.15) is 13.2 Å². The first-order valence-electron chi connectivity index (χ1n) is 30.5. The standard InChI is InChI=1S/C61H118O6/c1-4-7-10-13-16-19-22-25-27-29-30-32-33-36-39-42-45-48-51-54-60(63)66-57-58(56-65-59(62)53-50-47-44-41-38-35-24-21-18-15-12-9-6-3)67-61(64)55-52-49-46-43-40-37-34-31-28-26-23-20-17-14-11-8-5-2/h58H,4-57H2,1-3H3/t58-/m1/s1. The van der Waals surface area contributed by atoms with E-state index in [4.69, 9.17) is 14.2 Å². The predicted molar refractivity (Wildman–Crippen MR) is 289 cm³/mol. The Hall–Kier alpha value is -1.59. The molecule has 0 aliphatic carbocycles. The molecule has 0 saturated heterocycles. The van der Waals surface area contributed by atoms with E-state index in [-0.39, 0.29) is 31.1 Å². The highest BCUT2D eigenvalue weighted by Crippen LogP contribution is 2.18. The lowest BCUT2D eigenvalue weighted by atomic mass is 10.0. The summed E-state index contributed by atoms with van der Waals surface area (Å²) < 4.78 is 16.9. The molecule has 0 saturated carbocycles. The molecule has 0 unspecified atom stereocenters. The lowest BCUT2D eigenvalue weighted by Crippen LogP contribution is -2.30. The number of ether oxygens (including phenoxy) is 3. The molecule has 1 atom stereocenters. The van der Waals surface area contributed by atoms with Crippen LogP contribution in [-0.4, -0.2) is 37.2 Å². The van der Waals surface area contributed by atoms with E-state index in [9.17, 15) is 14.4 Å². The van der Waals surface area contributed by atoms with Crippen molar-refractivity contribution in [1.29, 1.82) is 0 Å². The molecule has 0 aromatic heterocycles. The van der Waals surface area contributed by atoms with Gasteiger partial charge in [-0.25, -0.2) is 0 Å². The first-order valence-corrected chi connectivity index (χ1v) is 30.5. The Labute approximate surface area is 418 Å². The highest BCUT2D eigenvalue weighted by Gasteiger charge is 2.19. The molecule has 398 valence electrons. The second-order valence-corrected chi connectivity index (χ2v) is 21.0. The van der Waals surface area contributed by atoms with Crippen LogP contribution in [0, 0.1) is 0 Å². The summed E-state index contributed by atoms with van der Waals surface area (Å²) in [7, 11) is 0. The van der Waals surface area contributed by atoms with Crippen LogP contribution in [0.1, 0.15) is 355 Å². The van der Waals surface area contributed by atoms with Gasteiger partial charge >= 0.3 is 17.9 Å². The molecule has 0 N–H and O–H groups in total. The van der Waals surface area contributed by atoms with Crippen LogP contribution < -0.4 is 0 Å². The lowest BCUT2D eigenvalue weighted by molar-refractivity contribution is -0.167. The molecule has 0 amide bonds. The maximum Gasteiger partial charge on any atom is 0.306 e.